The zero-order valence-electron chi connectivity index (χ0n) is 16.6. The highest BCUT2D eigenvalue weighted by Gasteiger charge is 2.51. The summed E-state index contributed by atoms with van der Waals surface area (Å²) >= 11 is 0. The van der Waals surface area contributed by atoms with Crippen molar-refractivity contribution < 1.29 is 29.3 Å². The number of carboxylic acids is 1. The molecule has 3 aromatic carbocycles. The SMILES string of the molecule is Cc1ccc(NC(=O)C2(c3ccc(O)c(O)c3)CC2)cc1-c1cc(F)cc(C(=O)O)c1. The third-order valence-electron chi connectivity index (χ3n) is 5.66. The van der Waals surface area contributed by atoms with E-state index >= 15 is 0 Å². The third kappa shape index (κ3) is 3.82. The molecule has 1 aliphatic carbocycles. The van der Waals surface area contributed by atoms with E-state index in [9.17, 15) is 29.3 Å². The zero-order chi connectivity index (χ0) is 22.3. The van der Waals surface area contributed by atoms with Crippen LogP contribution in [0, 0.1) is 12.7 Å². The predicted molar refractivity (Wildman–Crippen MR) is 113 cm³/mol. The van der Waals surface area contributed by atoms with Crippen LogP contribution in [0.5, 0.6) is 11.5 Å². The van der Waals surface area contributed by atoms with Crippen LogP contribution in [0.25, 0.3) is 11.1 Å². The quantitative estimate of drug-likeness (QED) is 0.451. The normalized spacial score (nSPS) is 14.1. The second kappa shape index (κ2) is 7.43. The van der Waals surface area contributed by atoms with E-state index in [-0.39, 0.29) is 23.0 Å². The molecule has 0 aliphatic heterocycles. The molecular formula is C24H20FNO5. The first kappa shape index (κ1) is 20.4. The van der Waals surface area contributed by atoms with Gasteiger partial charge in [0.05, 0.1) is 11.0 Å². The van der Waals surface area contributed by atoms with Crippen LogP contribution in [0.15, 0.2) is 54.6 Å². The summed E-state index contributed by atoms with van der Waals surface area (Å²) in [6.07, 6.45) is 1.21. The fourth-order valence-electron chi connectivity index (χ4n) is 3.72. The number of aryl methyl sites for hydroxylation is 1. The van der Waals surface area contributed by atoms with Gasteiger partial charge in [0.1, 0.15) is 5.82 Å². The van der Waals surface area contributed by atoms with Crippen LogP contribution in [0.2, 0.25) is 0 Å². The van der Waals surface area contributed by atoms with Gasteiger partial charge in [0.2, 0.25) is 5.91 Å². The van der Waals surface area contributed by atoms with Crippen molar-refractivity contribution in [2.45, 2.75) is 25.2 Å². The third-order valence-corrected chi connectivity index (χ3v) is 5.66. The molecule has 4 N–H and O–H groups in total. The van der Waals surface area contributed by atoms with Crippen LogP contribution < -0.4 is 5.32 Å². The Kier molecular flexibility index (Phi) is 4.89. The summed E-state index contributed by atoms with van der Waals surface area (Å²) in [4.78, 5) is 24.3. The minimum absolute atomic E-state index is 0.159. The highest BCUT2D eigenvalue weighted by Crippen LogP contribution is 2.50. The van der Waals surface area contributed by atoms with Crippen LogP contribution in [-0.4, -0.2) is 27.2 Å². The Balaban J connectivity index is 1.64. The van der Waals surface area contributed by atoms with Crippen LogP contribution >= 0.6 is 0 Å². The average Bonchev–Trinajstić information content (AvgIpc) is 3.53. The lowest BCUT2D eigenvalue weighted by Crippen LogP contribution is -2.27. The largest absolute Gasteiger partial charge is 0.504 e. The molecule has 4 rings (SSSR count). The van der Waals surface area contributed by atoms with E-state index in [1.807, 2.05) is 6.92 Å². The first-order chi connectivity index (χ1) is 14.7. The predicted octanol–water partition coefficient (Wildman–Crippen LogP) is 4.58. The summed E-state index contributed by atoms with van der Waals surface area (Å²) in [7, 11) is 0. The number of carbonyl (C=O) groups is 2. The molecule has 31 heavy (non-hydrogen) atoms. The van der Waals surface area contributed by atoms with E-state index in [4.69, 9.17) is 0 Å². The maximum atomic E-state index is 14.0. The molecule has 0 unspecified atom stereocenters. The molecule has 1 fully saturated rings. The molecule has 7 heteroatoms. The number of hydrogen-bond acceptors (Lipinski definition) is 4. The number of aromatic hydroxyl groups is 2. The summed E-state index contributed by atoms with van der Waals surface area (Å²) in [6, 6.07) is 13.1. The first-order valence-corrected chi connectivity index (χ1v) is 9.68. The van der Waals surface area contributed by atoms with E-state index in [1.165, 1.54) is 24.3 Å². The molecule has 0 spiro atoms. The molecule has 0 atom stereocenters. The van der Waals surface area contributed by atoms with Crippen molar-refractivity contribution in [3.8, 4) is 22.6 Å². The van der Waals surface area contributed by atoms with E-state index in [2.05, 4.69) is 5.32 Å². The first-order valence-electron chi connectivity index (χ1n) is 9.68. The van der Waals surface area contributed by atoms with E-state index in [0.29, 0.717) is 35.2 Å². The lowest BCUT2D eigenvalue weighted by molar-refractivity contribution is -0.118. The molecule has 158 valence electrons. The second-order valence-corrected chi connectivity index (χ2v) is 7.80. The Morgan fingerprint density at radius 3 is 2.35 bits per heavy atom. The van der Waals surface area contributed by atoms with Crippen molar-refractivity contribution in [2.24, 2.45) is 0 Å². The van der Waals surface area contributed by atoms with Gasteiger partial charge in [-0.3, -0.25) is 4.79 Å². The van der Waals surface area contributed by atoms with Gasteiger partial charge in [0.15, 0.2) is 11.5 Å². The zero-order valence-corrected chi connectivity index (χ0v) is 16.6. The highest BCUT2D eigenvalue weighted by molar-refractivity contribution is 6.02. The van der Waals surface area contributed by atoms with Crippen molar-refractivity contribution >= 4 is 17.6 Å². The van der Waals surface area contributed by atoms with E-state index < -0.39 is 17.2 Å². The van der Waals surface area contributed by atoms with Gasteiger partial charge < -0.3 is 20.6 Å². The van der Waals surface area contributed by atoms with Gasteiger partial charge in [-0.05, 0) is 84.5 Å². The van der Waals surface area contributed by atoms with Crippen molar-refractivity contribution in [3.63, 3.8) is 0 Å². The lowest BCUT2D eigenvalue weighted by Gasteiger charge is -2.17. The van der Waals surface area contributed by atoms with Crippen LogP contribution in [-0.2, 0) is 10.2 Å². The molecule has 6 nitrogen and oxygen atoms in total. The second-order valence-electron chi connectivity index (χ2n) is 7.80. The lowest BCUT2D eigenvalue weighted by atomic mass is 9.94. The highest BCUT2D eigenvalue weighted by atomic mass is 19.1. The minimum Gasteiger partial charge on any atom is -0.504 e. The maximum Gasteiger partial charge on any atom is 0.335 e. The maximum absolute atomic E-state index is 14.0. The molecule has 1 amide bonds. The minimum atomic E-state index is -1.23. The summed E-state index contributed by atoms with van der Waals surface area (Å²) in [5.41, 5.74) is 1.95. The number of halogens is 1. The number of anilines is 1. The molecule has 1 aliphatic rings. The monoisotopic (exact) mass is 421 g/mol. The number of carbonyl (C=O) groups excluding carboxylic acids is 1. The molecule has 3 aromatic rings. The molecule has 1 saturated carbocycles. The number of amides is 1. The number of aromatic carboxylic acids is 1. The molecule has 0 aromatic heterocycles. The topological polar surface area (TPSA) is 107 Å². The van der Waals surface area contributed by atoms with Gasteiger partial charge in [-0.15, -0.1) is 0 Å². The van der Waals surface area contributed by atoms with Crippen LogP contribution in [0.3, 0.4) is 0 Å². The molecule has 0 bridgehead atoms. The molecule has 0 heterocycles. The summed E-state index contributed by atoms with van der Waals surface area (Å²) in [5, 5.41) is 31.4. The van der Waals surface area contributed by atoms with Gasteiger partial charge in [-0.2, -0.15) is 0 Å². The summed E-state index contributed by atoms with van der Waals surface area (Å²) < 4.78 is 14.0. The number of rotatable bonds is 5. The van der Waals surface area contributed by atoms with Gasteiger partial charge in [-0.25, -0.2) is 9.18 Å². The molecule has 0 radical (unpaired) electrons. The smallest absolute Gasteiger partial charge is 0.335 e. The van der Waals surface area contributed by atoms with Crippen LogP contribution in [0.4, 0.5) is 10.1 Å². The molecular weight excluding hydrogens is 401 g/mol. The van der Waals surface area contributed by atoms with Crippen molar-refractivity contribution in [1.82, 2.24) is 0 Å². The van der Waals surface area contributed by atoms with Crippen molar-refractivity contribution in [3.05, 3.63) is 77.1 Å². The number of nitrogens with one attached hydrogen (secondary N) is 1. The number of phenolic OH excluding ortho intramolecular Hbond substituents is 2. The van der Waals surface area contributed by atoms with E-state index in [0.717, 1.165) is 11.6 Å². The number of carboxylic acid groups (broad SMARTS) is 1. The van der Waals surface area contributed by atoms with Gasteiger partial charge >= 0.3 is 5.97 Å². The van der Waals surface area contributed by atoms with Gasteiger partial charge in [0, 0.05) is 5.69 Å². The fourth-order valence-corrected chi connectivity index (χ4v) is 3.72. The summed E-state index contributed by atoms with van der Waals surface area (Å²) in [6.45, 7) is 1.81. The van der Waals surface area contributed by atoms with Crippen molar-refractivity contribution in [1.29, 1.82) is 0 Å². The van der Waals surface area contributed by atoms with Crippen LogP contribution in [0.1, 0.15) is 34.3 Å². The summed E-state index contributed by atoms with van der Waals surface area (Å²) in [5.74, 6) is -2.67. The Morgan fingerprint density at radius 2 is 1.71 bits per heavy atom. The Bertz CT molecular complexity index is 1220. The standard InChI is InChI=1S/C24H20FNO5/c1-13-2-4-18(12-19(13)14-8-15(22(29)30)10-17(25)9-14)26-23(31)24(6-7-24)16-3-5-20(27)21(28)11-16/h2-5,8-12,27-28H,6-7H2,1H3,(H,26,31)(H,29,30). The molecule has 0 saturated heterocycles. The Labute approximate surface area is 177 Å². The van der Waals surface area contributed by atoms with E-state index in [1.54, 1.807) is 24.3 Å². The number of phenols is 2. The van der Waals surface area contributed by atoms with Gasteiger partial charge in [0.25, 0.3) is 0 Å². The number of benzene rings is 3. The Morgan fingerprint density at radius 1 is 0.968 bits per heavy atom. The average molecular weight is 421 g/mol. The Hall–Kier alpha value is -3.87. The fraction of sp³-hybridized carbons (Fsp3) is 0.167. The number of hydrogen-bond donors (Lipinski definition) is 4. The van der Waals surface area contributed by atoms with Gasteiger partial charge in [-0.1, -0.05) is 12.1 Å². The van der Waals surface area contributed by atoms with Crippen molar-refractivity contribution in [2.75, 3.05) is 5.32 Å².